The molecule has 7 heteroatoms. The molecule has 4 rings (SSSR count). The van der Waals surface area contributed by atoms with Gasteiger partial charge in [0.05, 0.1) is 13.2 Å². The number of benzene rings is 1. The van der Waals surface area contributed by atoms with Crippen LogP contribution in [0.5, 0.6) is 0 Å². The van der Waals surface area contributed by atoms with Gasteiger partial charge in [0.1, 0.15) is 11.6 Å². The predicted octanol–water partition coefficient (Wildman–Crippen LogP) is 3.74. The number of aromatic nitrogens is 1. The molecular formula is C23H31N5O2. The van der Waals surface area contributed by atoms with E-state index in [1.807, 2.05) is 29.2 Å². The smallest absolute Gasteiger partial charge is 0.321 e. The first-order valence-electron chi connectivity index (χ1n) is 10.8. The van der Waals surface area contributed by atoms with Crippen LogP contribution in [0.2, 0.25) is 0 Å². The Hall–Kier alpha value is -2.80. The maximum atomic E-state index is 12.7. The van der Waals surface area contributed by atoms with Crippen molar-refractivity contribution in [1.29, 1.82) is 0 Å². The summed E-state index contributed by atoms with van der Waals surface area (Å²) in [5.41, 5.74) is 10.1. The van der Waals surface area contributed by atoms with Crippen LogP contribution in [0.15, 0.2) is 30.3 Å². The second kappa shape index (κ2) is 8.92. The maximum Gasteiger partial charge on any atom is 0.321 e. The number of rotatable bonds is 4. The Morgan fingerprint density at radius 3 is 2.77 bits per heavy atom. The number of ether oxygens (including phenoxy) is 1. The number of nitrogens with two attached hydrogens (primary N) is 1. The number of pyridine rings is 1. The van der Waals surface area contributed by atoms with Gasteiger partial charge >= 0.3 is 6.03 Å². The van der Waals surface area contributed by atoms with Crippen LogP contribution in [0.1, 0.15) is 25.3 Å². The number of aryl methyl sites for hydroxylation is 1. The number of nitrogens with one attached hydrogen (secondary N) is 1. The summed E-state index contributed by atoms with van der Waals surface area (Å²) in [5, 5.41) is 3.07. The van der Waals surface area contributed by atoms with Gasteiger partial charge in [-0.05, 0) is 60.2 Å². The lowest BCUT2D eigenvalue weighted by atomic mass is 10.00. The molecule has 0 bridgehead atoms. The van der Waals surface area contributed by atoms with Gasteiger partial charge in [-0.2, -0.15) is 0 Å². The third kappa shape index (κ3) is 4.51. The van der Waals surface area contributed by atoms with Crippen LogP contribution in [-0.2, 0) is 4.74 Å². The van der Waals surface area contributed by atoms with E-state index in [2.05, 4.69) is 35.1 Å². The van der Waals surface area contributed by atoms with Crippen LogP contribution in [0.4, 0.5) is 22.1 Å². The van der Waals surface area contributed by atoms with Crippen molar-refractivity contribution in [3.63, 3.8) is 0 Å². The summed E-state index contributed by atoms with van der Waals surface area (Å²) >= 11 is 0. The summed E-state index contributed by atoms with van der Waals surface area (Å²) in [6.07, 6.45) is 2.21. The number of urea groups is 1. The summed E-state index contributed by atoms with van der Waals surface area (Å²) in [4.78, 5) is 21.3. The highest BCUT2D eigenvalue weighted by Crippen LogP contribution is 2.31. The topological polar surface area (TPSA) is 83.7 Å². The first kappa shape index (κ1) is 20.5. The Kier molecular flexibility index (Phi) is 6.08. The molecular weight excluding hydrogens is 378 g/mol. The molecule has 2 saturated heterocycles. The fraction of sp³-hybridized carbons (Fsp3) is 0.478. The zero-order valence-corrected chi connectivity index (χ0v) is 17.9. The van der Waals surface area contributed by atoms with Crippen molar-refractivity contribution < 1.29 is 9.53 Å². The largest absolute Gasteiger partial charge is 0.384 e. The molecule has 3 N–H and O–H groups in total. The number of hydrogen-bond acceptors (Lipinski definition) is 5. The molecule has 0 unspecified atom stereocenters. The number of amides is 2. The summed E-state index contributed by atoms with van der Waals surface area (Å²) in [7, 11) is 0. The van der Waals surface area contributed by atoms with Gasteiger partial charge in [0.15, 0.2) is 0 Å². The number of likely N-dealkylation sites (tertiary alicyclic amines) is 1. The first-order chi connectivity index (χ1) is 14.5. The minimum Gasteiger partial charge on any atom is -0.384 e. The second-order valence-electron chi connectivity index (χ2n) is 8.21. The molecule has 2 aliphatic rings. The molecule has 1 aromatic carbocycles. The van der Waals surface area contributed by atoms with Gasteiger partial charge < -0.3 is 25.6 Å². The molecule has 2 aliphatic heterocycles. The summed E-state index contributed by atoms with van der Waals surface area (Å²) < 4.78 is 5.45. The Balaban J connectivity index is 1.56. The van der Waals surface area contributed by atoms with Crippen LogP contribution < -0.4 is 16.0 Å². The van der Waals surface area contributed by atoms with Crippen molar-refractivity contribution >= 4 is 23.4 Å². The highest BCUT2D eigenvalue weighted by atomic mass is 16.5. The van der Waals surface area contributed by atoms with Gasteiger partial charge in [-0.15, -0.1) is 0 Å². The number of nitrogen functional groups attached to an aromatic ring is 1. The number of carbonyl (C=O) groups excluding carboxylic acids is 1. The van der Waals surface area contributed by atoms with E-state index >= 15 is 0 Å². The second-order valence-corrected chi connectivity index (χ2v) is 8.21. The Labute approximate surface area is 178 Å². The van der Waals surface area contributed by atoms with Crippen LogP contribution in [0, 0.1) is 12.8 Å². The standard InChI is InChI=1S/C23H31N5O2/c1-3-17-6-7-28(15-17)23(29)25-19-5-4-16(2)20(14-19)18-12-21(24)26-22(13-18)27-8-10-30-11-9-27/h4-5,12-14,17H,3,6-11,15H2,1-2H3,(H2,24,26)(H,25,29)/t17-/m1/s1. The number of morpholine rings is 1. The van der Waals surface area contributed by atoms with Crippen LogP contribution in [0.3, 0.4) is 0 Å². The molecule has 160 valence electrons. The van der Waals surface area contributed by atoms with Crippen molar-refractivity contribution in [3.8, 4) is 11.1 Å². The minimum absolute atomic E-state index is 0.0241. The molecule has 0 aliphatic carbocycles. The summed E-state index contributed by atoms with van der Waals surface area (Å²) in [6, 6.07) is 9.96. The average molecular weight is 410 g/mol. The van der Waals surface area contributed by atoms with Crippen molar-refractivity contribution in [2.24, 2.45) is 5.92 Å². The van der Waals surface area contributed by atoms with Gasteiger partial charge in [-0.3, -0.25) is 0 Å². The van der Waals surface area contributed by atoms with E-state index < -0.39 is 0 Å². The molecule has 1 atom stereocenters. The lowest BCUT2D eigenvalue weighted by Gasteiger charge is -2.28. The minimum atomic E-state index is -0.0241. The SMILES string of the molecule is CC[C@@H]1CCN(C(=O)Nc2ccc(C)c(-c3cc(N)nc(N4CCOCC4)c3)c2)C1. The number of hydrogen-bond donors (Lipinski definition) is 2. The van der Waals surface area contributed by atoms with Crippen molar-refractivity contribution in [2.75, 3.05) is 55.3 Å². The lowest BCUT2D eigenvalue weighted by Crippen LogP contribution is -2.36. The number of anilines is 3. The van der Waals surface area contributed by atoms with E-state index in [-0.39, 0.29) is 6.03 Å². The quantitative estimate of drug-likeness (QED) is 0.804. The molecule has 1 aromatic heterocycles. The van der Waals surface area contributed by atoms with Gasteiger partial charge in [-0.1, -0.05) is 19.4 Å². The molecule has 3 heterocycles. The van der Waals surface area contributed by atoms with Crippen molar-refractivity contribution in [1.82, 2.24) is 9.88 Å². The molecule has 7 nitrogen and oxygen atoms in total. The molecule has 0 radical (unpaired) electrons. The summed E-state index contributed by atoms with van der Waals surface area (Å²) in [5.74, 6) is 1.97. The van der Waals surface area contributed by atoms with Crippen LogP contribution in [-0.4, -0.2) is 55.3 Å². The van der Waals surface area contributed by atoms with E-state index in [4.69, 9.17) is 10.5 Å². The highest BCUT2D eigenvalue weighted by molar-refractivity contribution is 5.91. The predicted molar refractivity (Wildman–Crippen MR) is 121 cm³/mol. The fourth-order valence-corrected chi connectivity index (χ4v) is 4.21. The third-order valence-corrected chi connectivity index (χ3v) is 6.12. The Morgan fingerprint density at radius 2 is 2.03 bits per heavy atom. The molecule has 2 amide bonds. The number of carbonyl (C=O) groups is 1. The van der Waals surface area contributed by atoms with Crippen molar-refractivity contribution in [3.05, 3.63) is 35.9 Å². The van der Waals surface area contributed by atoms with E-state index in [9.17, 15) is 4.79 Å². The third-order valence-electron chi connectivity index (χ3n) is 6.12. The average Bonchev–Trinajstić information content (AvgIpc) is 3.25. The molecule has 2 aromatic rings. The van der Waals surface area contributed by atoms with E-state index in [1.54, 1.807) is 0 Å². The van der Waals surface area contributed by atoms with Gasteiger partial charge in [0, 0.05) is 31.9 Å². The summed E-state index contributed by atoms with van der Waals surface area (Å²) in [6.45, 7) is 8.92. The number of nitrogens with zero attached hydrogens (tertiary/aromatic N) is 3. The van der Waals surface area contributed by atoms with E-state index in [0.717, 1.165) is 67.2 Å². The zero-order valence-electron chi connectivity index (χ0n) is 17.9. The zero-order chi connectivity index (χ0) is 21.1. The molecule has 2 fully saturated rings. The monoisotopic (exact) mass is 409 g/mol. The van der Waals surface area contributed by atoms with Gasteiger partial charge in [0.25, 0.3) is 0 Å². The first-order valence-corrected chi connectivity index (χ1v) is 10.8. The Morgan fingerprint density at radius 1 is 1.23 bits per heavy atom. The Bertz CT molecular complexity index is 910. The molecule has 30 heavy (non-hydrogen) atoms. The van der Waals surface area contributed by atoms with Gasteiger partial charge in [0.2, 0.25) is 0 Å². The van der Waals surface area contributed by atoms with E-state index in [0.29, 0.717) is 24.9 Å². The van der Waals surface area contributed by atoms with Crippen molar-refractivity contribution in [2.45, 2.75) is 26.7 Å². The fourth-order valence-electron chi connectivity index (χ4n) is 4.21. The van der Waals surface area contributed by atoms with E-state index in [1.165, 1.54) is 0 Å². The normalized spacial score (nSPS) is 19.2. The molecule has 0 saturated carbocycles. The van der Waals surface area contributed by atoms with Crippen LogP contribution in [0.25, 0.3) is 11.1 Å². The van der Waals surface area contributed by atoms with Crippen LogP contribution >= 0.6 is 0 Å². The lowest BCUT2D eigenvalue weighted by molar-refractivity contribution is 0.122. The highest BCUT2D eigenvalue weighted by Gasteiger charge is 2.25. The van der Waals surface area contributed by atoms with Gasteiger partial charge in [-0.25, -0.2) is 9.78 Å². The maximum absolute atomic E-state index is 12.7. The molecule has 0 spiro atoms.